The molecule has 1 unspecified atom stereocenters. The van der Waals surface area contributed by atoms with E-state index in [1.165, 1.54) is 14.2 Å². The van der Waals surface area contributed by atoms with E-state index >= 15 is 0 Å². The van der Waals surface area contributed by atoms with Crippen molar-refractivity contribution in [3.05, 3.63) is 35.4 Å². The van der Waals surface area contributed by atoms with Crippen LogP contribution in [0.25, 0.3) is 0 Å². The van der Waals surface area contributed by atoms with E-state index < -0.39 is 17.6 Å². The monoisotopic (exact) mass is 251 g/mol. The molecule has 1 aromatic carbocycles. The molecule has 1 aliphatic rings. The van der Waals surface area contributed by atoms with Crippen LogP contribution in [-0.4, -0.2) is 25.1 Å². The van der Waals surface area contributed by atoms with Crippen molar-refractivity contribution in [2.75, 3.05) is 14.2 Å². The Kier molecular flexibility index (Phi) is 3.01. The van der Waals surface area contributed by atoms with Crippen molar-refractivity contribution >= 4 is 5.78 Å². The Balaban J connectivity index is 2.34. The van der Waals surface area contributed by atoms with Crippen LogP contribution in [0.1, 0.15) is 11.7 Å². The average Bonchev–Trinajstić information content (AvgIpc) is 2.65. The molecule has 1 heterocycles. The summed E-state index contributed by atoms with van der Waals surface area (Å²) in [6.45, 7) is 0. The van der Waals surface area contributed by atoms with Gasteiger partial charge >= 0.3 is 0 Å². The van der Waals surface area contributed by atoms with Crippen LogP contribution in [0.15, 0.2) is 29.8 Å². The number of ketones is 1. The molecule has 0 saturated carbocycles. The number of rotatable bonds is 3. The Labute approximate surface area is 104 Å². The predicted molar refractivity (Wildman–Crippen MR) is 62.2 cm³/mol. The quantitative estimate of drug-likeness (QED) is 0.833. The van der Waals surface area contributed by atoms with Crippen LogP contribution in [0.3, 0.4) is 0 Å². The van der Waals surface area contributed by atoms with Gasteiger partial charge in [-0.1, -0.05) is 6.07 Å². The number of carbonyl (C=O) groups excluding carboxylic acids is 1. The number of aliphatic hydroxyl groups excluding tert-OH is 1. The van der Waals surface area contributed by atoms with Gasteiger partial charge in [0, 0.05) is 5.56 Å². The first-order valence-electron chi connectivity index (χ1n) is 5.20. The summed E-state index contributed by atoms with van der Waals surface area (Å²) in [5.41, 5.74) is 5.89. The van der Waals surface area contributed by atoms with Crippen LogP contribution in [0.2, 0.25) is 0 Å². The molecular formula is C12H13NO5. The van der Waals surface area contributed by atoms with E-state index in [2.05, 4.69) is 0 Å². The lowest BCUT2D eigenvalue weighted by molar-refractivity contribution is -0.123. The first kappa shape index (κ1) is 12.1. The van der Waals surface area contributed by atoms with Crippen molar-refractivity contribution < 1.29 is 24.1 Å². The van der Waals surface area contributed by atoms with Crippen molar-refractivity contribution in [1.29, 1.82) is 0 Å². The third kappa shape index (κ3) is 1.81. The molecule has 3 N–H and O–H groups in total. The summed E-state index contributed by atoms with van der Waals surface area (Å²) in [5.74, 6) is -0.373. The van der Waals surface area contributed by atoms with Crippen molar-refractivity contribution in [3.63, 3.8) is 0 Å². The van der Waals surface area contributed by atoms with Crippen LogP contribution >= 0.6 is 0 Å². The second-order valence-corrected chi connectivity index (χ2v) is 3.69. The molecule has 6 heteroatoms. The molecular weight excluding hydrogens is 238 g/mol. The zero-order valence-corrected chi connectivity index (χ0v) is 9.97. The number of hydrogen-bond donors (Lipinski definition) is 2. The van der Waals surface area contributed by atoms with Gasteiger partial charge in [-0.05, 0) is 12.1 Å². The van der Waals surface area contributed by atoms with Crippen molar-refractivity contribution in [2.24, 2.45) is 5.73 Å². The molecule has 0 spiro atoms. The number of methoxy groups -OCH3 is 2. The molecule has 0 amide bonds. The van der Waals surface area contributed by atoms with Gasteiger partial charge in [0.1, 0.15) is 0 Å². The van der Waals surface area contributed by atoms with Crippen molar-refractivity contribution in [1.82, 2.24) is 0 Å². The van der Waals surface area contributed by atoms with Gasteiger partial charge in [-0.15, -0.1) is 0 Å². The van der Waals surface area contributed by atoms with Gasteiger partial charge in [0.25, 0.3) is 0 Å². The van der Waals surface area contributed by atoms with E-state index in [0.29, 0.717) is 17.1 Å². The fourth-order valence-corrected chi connectivity index (χ4v) is 1.72. The number of carbonyl (C=O) groups is 1. The van der Waals surface area contributed by atoms with Crippen LogP contribution in [0, 0.1) is 0 Å². The number of benzene rings is 1. The Morgan fingerprint density at radius 3 is 2.44 bits per heavy atom. The van der Waals surface area contributed by atoms with E-state index in [-0.39, 0.29) is 5.88 Å². The largest absolute Gasteiger partial charge is 0.501 e. The second kappa shape index (κ2) is 4.48. The van der Waals surface area contributed by atoms with E-state index in [0.717, 1.165) is 0 Å². The summed E-state index contributed by atoms with van der Waals surface area (Å²) >= 11 is 0. The Hall–Kier alpha value is -2.37. The maximum absolute atomic E-state index is 11.7. The molecule has 0 aliphatic carbocycles. The minimum Gasteiger partial charge on any atom is -0.501 e. The lowest BCUT2D eigenvalue weighted by Crippen LogP contribution is -2.10. The molecule has 18 heavy (non-hydrogen) atoms. The van der Waals surface area contributed by atoms with Gasteiger partial charge in [-0.25, -0.2) is 0 Å². The van der Waals surface area contributed by atoms with Gasteiger partial charge in [-0.2, -0.15) is 0 Å². The summed E-state index contributed by atoms with van der Waals surface area (Å²) in [7, 11) is 3.00. The fraction of sp³-hybridized carbons (Fsp3) is 0.250. The Bertz CT molecular complexity index is 523. The van der Waals surface area contributed by atoms with Gasteiger partial charge < -0.3 is 25.1 Å². The zero-order valence-electron chi connectivity index (χ0n) is 9.97. The van der Waals surface area contributed by atoms with Crippen LogP contribution < -0.4 is 15.2 Å². The van der Waals surface area contributed by atoms with Crippen LogP contribution in [0.4, 0.5) is 0 Å². The van der Waals surface area contributed by atoms with Gasteiger partial charge in [0.05, 0.1) is 14.2 Å². The minimum atomic E-state index is -0.940. The topological polar surface area (TPSA) is 91.0 Å². The van der Waals surface area contributed by atoms with E-state index in [1.807, 2.05) is 0 Å². The molecule has 1 aliphatic heterocycles. The Morgan fingerprint density at radius 1 is 1.28 bits per heavy atom. The van der Waals surface area contributed by atoms with Gasteiger partial charge in [0.2, 0.25) is 17.4 Å². The summed E-state index contributed by atoms with van der Waals surface area (Å²) < 4.78 is 15.3. The summed E-state index contributed by atoms with van der Waals surface area (Å²) in [4.78, 5) is 11.7. The molecule has 0 fully saturated rings. The average molecular weight is 251 g/mol. The molecule has 0 bridgehead atoms. The van der Waals surface area contributed by atoms with E-state index in [9.17, 15) is 9.90 Å². The molecule has 1 aromatic rings. The molecule has 2 rings (SSSR count). The zero-order chi connectivity index (χ0) is 13.3. The summed E-state index contributed by atoms with van der Waals surface area (Å²) in [5, 5.41) is 9.35. The van der Waals surface area contributed by atoms with Gasteiger partial charge in [0.15, 0.2) is 17.6 Å². The SMILES string of the molecule is COc1ccc(C2OC(N)=C(O)C2=O)cc1OC. The first-order valence-corrected chi connectivity index (χ1v) is 5.20. The molecule has 0 saturated heterocycles. The Morgan fingerprint density at radius 2 is 1.94 bits per heavy atom. The fourth-order valence-electron chi connectivity index (χ4n) is 1.72. The smallest absolute Gasteiger partial charge is 0.247 e. The number of Topliss-reactive ketones (excluding diaryl/α,β-unsaturated/α-hetero) is 1. The summed E-state index contributed by atoms with van der Waals surface area (Å²) in [6, 6.07) is 4.90. The standard InChI is InChI=1S/C12H13NO5/c1-16-7-4-3-6(5-8(7)17-2)11-9(14)10(15)12(13)18-11/h3-5,11,15H,13H2,1-2H3. The molecule has 0 radical (unpaired) electrons. The number of nitrogens with two attached hydrogens (primary N) is 1. The highest BCUT2D eigenvalue weighted by Gasteiger charge is 2.35. The highest BCUT2D eigenvalue weighted by Crippen LogP contribution is 2.35. The maximum atomic E-state index is 11.7. The minimum absolute atomic E-state index is 0.264. The van der Waals surface area contributed by atoms with Crippen molar-refractivity contribution in [3.8, 4) is 11.5 Å². The first-order chi connectivity index (χ1) is 8.58. The number of ether oxygens (including phenoxy) is 3. The summed E-state index contributed by atoms with van der Waals surface area (Å²) in [6.07, 6.45) is -0.940. The third-order valence-electron chi connectivity index (χ3n) is 2.66. The van der Waals surface area contributed by atoms with E-state index in [4.69, 9.17) is 19.9 Å². The highest BCUT2D eigenvalue weighted by molar-refractivity contribution is 5.99. The second-order valence-electron chi connectivity index (χ2n) is 3.69. The maximum Gasteiger partial charge on any atom is 0.247 e. The third-order valence-corrected chi connectivity index (χ3v) is 2.66. The van der Waals surface area contributed by atoms with Crippen LogP contribution in [-0.2, 0) is 9.53 Å². The molecule has 1 atom stereocenters. The normalized spacial score (nSPS) is 18.8. The molecule has 6 nitrogen and oxygen atoms in total. The molecule has 0 aromatic heterocycles. The highest BCUT2D eigenvalue weighted by atomic mass is 16.5. The lowest BCUT2D eigenvalue weighted by atomic mass is 10.1. The van der Waals surface area contributed by atoms with Gasteiger partial charge in [-0.3, -0.25) is 4.79 Å². The number of hydrogen-bond acceptors (Lipinski definition) is 6. The molecule has 96 valence electrons. The van der Waals surface area contributed by atoms with Crippen LogP contribution in [0.5, 0.6) is 11.5 Å². The van der Waals surface area contributed by atoms with E-state index in [1.54, 1.807) is 18.2 Å². The number of aliphatic hydroxyl groups is 1. The van der Waals surface area contributed by atoms with Crippen molar-refractivity contribution in [2.45, 2.75) is 6.10 Å². The lowest BCUT2D eigenvalue weighted by Gasteiger charge is -2.13. The predicted octanol–water partition coefficient (Wildman–Crippen LogP) is 1.03.